The Kier molecular flexibility index (Phi) is 4.71. The fourth-order valence-corrected chi connectivity index (χ4v) is 4.11. The zero-order valence-corrected chi connectivity index (χ0v) is 14.7. The number of nitrogens with one attached hydrogen (secondary N) is 1. The van der Waals surface area contributed by atoms with Gasteiger partial charge in [0.25, 0.3) is 0 Å². The zero-order valence-electron chi connectivity index (χ0n) is 14.7. The van der Waals surface area contributed by atoms with Crippen LogP contribution < -0.4 is 5.32 Å². The van der Waals surface area contributed by atoms with Crippen LogP contribution in [0.3, 0.4) is 0 Å². The van der Waals surface area contributed by atoms with Gasteiger partial charge in [-0.25, -0.2) is 4.39 Å². The number of alkyl halides is 3. The smallest absolute Gasteiger partial charge is 0.416 e. The van der Waals surface area contributed by atoms with Crippen molar-refractivity contribution in [3.63, 3.8) is 0 Å². The Labute approximate surface area is 158 Å². The summed E-state index contributed by atoms with van der Waals surface area (Å²) in [5.74, 6) is -1.48. The van der Waals surface area contributed by atoms with Crippen LogP contribution in [0.2, 0.25) is 0 Å². The Morgan fingerprint density at radius 1 is 1.11 bits per heavy atom. The molecule has 1 saturated heterocycles. The summed E-state index contributed by atoms with van der Waals surface area (Å²) in [4.78, 5) is 0. The molecule has 2 heterocycles. The van der Waals surface area contributed by atoms with Gasteiger partial charge in [0, 0.05) is 17.2 Å². The average molecular weight is 397 g/mol. The van der Waals surface area contributed by atoms with Gasteiger partial charge in [-0.3, -0.25) is 0 Å². The molecule has 8 heteroatoms. The molecule has 0 bridgehead atoms. The Balaban J connectivity index is 1.78. The molecule has 0 amide bonds. The van der Waals surface area contributed by atoms with E-state index in [4.69, 9.17) is 4.74 Å². The highest BCUT2D eigenvalue weighted by atomic mass is 19.4. The van der Waals surface area contributed by atoms with E-state index in [0.717, 1.165) is 12.1 Å². The fourth-order valence-electron chi connectivity index (χ4n) is 4.11. The van der Waals surface area contributed by atoms with Gasteiger partial charge in [-0.1, -0.05) is 6.07 Å². The van der Waals surface area contributed by atoms with Gasteiger partial charge in [0.2, 0.25) is 0 Å². The molecule has 0 radical (unpaired) electrons. The molecule has 0 saturated carbocycles. The lowest BCUT2D eigenvalue weighted by Crippen LogP contribution is -2.40. The molecule has 1 fully saturated rings. The topological polar surface area (TPSA) is 61.7 Å². The van der Waals surface area contributed by atoms with E-state index in [1.54, 1.807) is 6.07 Å². The highest BCUT2D eigenvalue weighted by Gasteiger charge is 2.43. The molecule has 150 valence electrons. The second-order valence-electron chi connectivity index (χ2n) is 7.24. The summed E-state index contributed by atoms with van der Waals surface area (Å²) in [5, 5.41) is 22.1. The van der Waals surface area contributed by atoms with Gasteiger partial charge in [0.15, 0.2) is 11.6 Å². The number of ether oxygens (including phenoxy) is 1. The number of benzene rings is 2. The second kappa shape index (κ2) is 6.93. The lowest BCUT2D eigenvalue weighted by molar-refractivity contribution is -0.138. The predicted octanol–water partition coefficient (Wildman–Crippen LogP) is 4.55. The first-order chi connectivity index (χ1) is 13.3. The number of hydrogen-bond donors (Lipinski definition) is 3. The summed E-state index contributed by atoms with van der Waals surface area (Å²) in [6.45, 7) is -0.219. The third-order valence-corrected chi connectivity index (χ3v) is 5.51. The first-order valence-corrected chi connectivity index (χ1v) is 9.00. The summed E-state index contributed by atoms with van der Waals surface area (Å²) in [5.41, 5.74) is 0.664. The zero-order chi connectivity index (χ0) is 20.1. The van der Waals surface area contributed by atoms with Gasteiger partial charge in [-0.2, -0.15) is 13.2 Å². The van der Waals surface area contributed by atoms with Gasteiger partial charge in [-0.05, 0) is 48.7 Å². The van der Waals surface area contributed by atoms with E-state index >= 15 is 0 Å². The summed E-state index contributed by atoms with van der Waals surface area (Å²) >= 11 is 0. The number of phenolic OH excluding ortho intramolecular Hbond substituents is 1. The van der Waals surface area contributed by atoms with Crippen molar-refractivity contribution < 1.29 is 32.5 Å². The number of aliphatic hydroxyl groups is 1. The van der Waals surface area contributed by atoms with E-state index in [9.17, 15) is 27.8 Å². The minimum absolute atomic E-state index is 0.219. The second-order valence-corrected chi connectivity index (χ2v) is 7.24. The van der Waals surface area contributed by atoms with Crippen LogP contribution in [0.25, 0.3) is 0 Å². The Morgan fingerprint density at radius 3 is 2.57 bits per heavy atom. The van der Waals surface area contributed by atoms with Crippen molar-refractivity contribution >= 4 is 5.69 Å². The number of anilines is 1. The molecule has 2 aliphatic heterocycles. The minimum Gasteiger partial charge on any atom is -0.505 e. The lowest BCUT2D eigenvalue weighted by atomic mass is 9.76. The highest BCUT2D eigenvalue weighted by Crippen LogP contribution is 2.51. The Morgan fingerprint density at radius 2 is 1.89 bits per heavy atom. The molecule has 0 aliphatic carbocycles. The molecular weight excluding hydrogens is 378 g/mol. The maximum Gasteiger partial charge on any atom is 0.416 e. The molecule has 4 unspecified atom stereocenters. The van der Waals surface area contributed by atoms with Crippen LogP contribution in [-0.4, -0.2) is 22.9 Å². The number of rotatable bonds is 2. The van der Waals surface area contributed by atoms with Crippen LogP contribution in [0.4, 0.5) is 23.2 Å². The van der Waals surface area contributed by atoms with Crippen LogP contribution >= 0.6 is 0 Å². The molecule has 2 aromatic rings. The molecule has 4 rings (SSSR count). The van der Waals surface area contributed by atoms with Crippen molar-refractivity contribution in [2.45, 2.75) is 37.3 Å². The number of phenols is 1. The lowest BCUT2D eigenvalue weighted by Gasteiger charge is -2.45. The number of aliphatic hydroxyl groups excluding tert-OH is 1. The molecule has 0 spiro atoms. The van der Waals surface area contributed by atoms with Crippen molar-refractivity contribution in [3.8, 4) is 5.75 Å². The number of fused-ring (bicyclic) bond motifs is 3. The average Bonchev–Trinajstić information content (AvgIpc) is 2.68. The predicted molar refractivity (Wildman–Crippen MR) is 93.3 cm³/mol. The molecule has 4 nitrogen and oxygen atoms in total. The largest absolute Gasteiger partial charge is 0.505 e. The van der Waals surface area contributed by atoms with Crippen LogP contribution in [0.15, 0.2) is 36.4 Å². The highest BCUT2D eigenvalue weighted by molar-refractivity contribution is 5.59. The van der Waals surface area contributed by atoms with E-state index < -0.39 is 41.6 Å². The third kappa shape index (κ3) is 3.31. The Bertz CT molecular complexity index is 886. The van der Waals surface area contributed by atoms with Crippen molar-refractivity contribution in [1.82, 2.24) is 0 Å². The van der Waals surface area contributed by atoms with Gasteiger partial charge in [0.1, 0.15) is 0 Å². The van der Waals surface area contributed by atoms with Crippen molar-refractivity contribution in [1.29, 1.82) is 0 Å². The monoisotopic (exact) mass is 397 g/mol. The molecule has 2 aromatic carbocycles. The van der Waals surface area contributed by atoms with Crippen molar-refractivity contribution in [2.75, 3.05) is 11.9 Å². The maximum absolute atomic E-state index is 13.9. The van der Waals surface area contributed by atoms with E-state index in [1.165, 1.54) is 18.2 Å². The van der Waals surface area contributed by atoms with Crippen LogP contribution in [0, 0.1) is 11.7 Å². The first kappa shape index (κ1) is 19.0. The van der Waals surface area contributed by atoms with Gasteiger partial charge in [-0.15, -0.1) is 0 Å². The summed E-state index contributed by atoms with van der Waals surface area (Å²) in [6, 6.07) is 7.08. The van der Waals surface area contributed by atoms with E-state index in [1.807, 2.05) is 0 Å². The minimum atomic E-state index is -4.48. The SMILES string of the molecule is OCC1CCC2C(c3ccc(O)c(F)c3)Nc3ccc(C(F)(F)F)cc3C2O1. The van der Waals surface area contributed by atoms with Crippen LogP contribution in [0.1, 0.15) is 41.7 Å². The normalized spacial score (nSPS) is 26.9. The molecule has 4 atom stereocenters. The summed E-state index contributed by atoms with van der Waals surface area (Å²) in [6.07, 6.45) is -4.46. The quantitative estimate of drug-likeness (QED) is 0.651. The van der Waals surface area contributed by atoms with E-state index in [-0.39, 0.29) is 12.5 Å². The first-order valence-electron chi connectivity index (χ1n) is 9.00. The maximum atomic E-state index is 13.9. The molecule has 0 aromatic heterocycles. The van der Waals surface area contributed by atoms with Crippen LogP contribution in [0.5, 0.6) is 5.75 Å². The third-order valence-electron chi connectivity index (χ3n) is 5.51. The van der Waals surface area contributed by atoms with Crippen molar-refractivity contribution in [2.24, 2.45) is 5.92 Å². The molecule has 2 aliphatic rings. The molecule has 28 heavy (non-hydrogen) atoms. The molecular formula is C20H19F4NO3. The van der Waals surface area contributed by atoms with Gasteiger partial charge >= 0.3 is 6.18 Å². The van der Waals surface area contributed by atoms with Crippen molar-refractivity contribution in [3.05, 3.63) is 58.9 Å². The van der Waals surface area contributed by atoms with E-state index in [0.29, 0.717) is 29.7 Å². The van der Waals surface area contributed by atoms with Crippen LogP contribution in [-0.2, 0) is 10.9 Å². The summed E-state index contributed by atoms with van der Waals surface area (Å²) < 4.78 is 59.4. The number of halogens is 4. The summed E-state index contributed by atoms with van der Waals surface area (Å²) in [7, 11) is 0. The van der Waals surface area contributed by atoms with E-state index in [2.05, 4.69) is 5.32 Å². The van der Waals surface area contributed by atoms with Gasteiger partial charge in [0.05, 0.1) is 30.4 Å². The Hall–Kier alpha value is -2.32. The number of hydrogen-bond acceptors (Lipinski definition) is 4. The molecule has 3 N–H and O–H groups in total. The van der Waals surface area contributed by atoms with Gasteiger partial charge < -0.3 is 20.3 Å². The standard InChI is InChI=1S/C20H19F4NO3/c21-15-7-10(1-6-17(15)27)18-13-4-3-12(9-26)28-19(13)14-8-11(20(22,23)24)2-5-16(14)25-18/h1-2,5-8,12-13,18-19,25-27H,3-4,9H2. The fraction of sp³-hybridized carbons (Fsp3) is 0.400. The number of aromatic hydroxyl groups is 1.